The fraction of sp³-hybridized carbons (Fsp3) is 0.333. The van der Waals surface area contributed by atoms with E-state index >= 15 is 0 Å². The lowest BCUT2D eigenvalue weighted by molar-refractivity contribution is 0.354. The molecular formula is C15H19NO3. The van der Waals surface area contributed by atoms with Crippen LogP contribution in [0.3, 0.4) is 0 Å². The molecule has 19 heavy (non-hydrogen) atoms. The second-order valence-electron chi connectivity index (χ2n) is 4.16. The van der Waals surface area contributed by atoms with E-state index in [1.165, 1.54) is 0 Å². The van der Waals surface area contributed by atoms with E-state index in [0.29, 0.717) is 0 Å². The van der Waals surface area contributed by atoms with Gasteiger partial charge in [0.2, 0.25) is 0 Å². The molecule has 0 saturated heterocycles. The number of benzene rings is 1. The van der Waals surface area contributed by atoms with Crippen LogP contribution in [0.15, 0.2) is 41.2 Å². The molecule has 0 amide bonds. The summed E-state index contributed by atoms with van der Waals surface area (Å²) in [6.45, 7) is 2.94. The summed E-state index contributed by atoms with van der Waals surface area (Å²) < 4.78 is 15.8. The summed E-state index contributed by atoms with van der Waals surface area (Å²) >= 11 is 0. The largest absolute Gasteiger partial charge is 0.493 e. The predicted molar refractivity (Wildman–Crippen MR) is 73.8 cm³/mol. The quantitative estimate of drug-likeness (QED) is 0.868. The van der Waals surface area contributed by atoms with Gasteiger partial charge in [-0.25, -0.2) is 0 Å². The fourth-order valence-electron chi connectivity index (χ4n) is 2.10. The van der Waals surface area contributed by atoms with E-state index in [9.17, 15) is 0 Å². The lowest BCUT2D eigenvalue weighted by Crippen LogP contribution is -2.21. The minimum absolute atomic E-state index is 0.0866. The van der Waals surface area contributed by atoms with E-state index in [2.05, 4.69) is 12.2 Å². The minimum Gasteiger partial charge on any atom is -0.493 e. The average Bonchev–Trinajstić information content (AvgIpc) is 2.98. The Kier molecular flexibility index (Phi) is 4.47. The number of hydrogen-bond acceptors (Lipinski definition) is 4. The van der Waals surface area contributed by atoms with Gasteiger partial charge in [0, 0.05) is 5.56 Å². The maximum Gasteiger partial charge on any atom is 0.161 e. The van der Waals surface area contributed by atoms with Crippen molar-refractivity contribution in [3.05, 3.63) is 47.9 Å². The van der Waals surface area contributed by atoms with Crippen molar-refractivity contribution in [3.8, 4) is 11.5 Å². The van der Waals surface area contributed by atoms with Crippen molar-refractivity contribution in [1.82, 2.24) is 5.32 Å². The Labute approximate surface area is 113 Å². The van der Waals surface area contributed by atoms with Crippen molar-refractivity contribution in [2.75, 3.05) is 20.8 Å². The summed E-state index contributed by atoms with van der Waals surface area (Å²) in [5, 5.41) is 3.43. The van der Waals surface area contributed by atoms with E-state index in [0.717, 1.165) is 29.2 Å². The molecule has 1 atom stereocenters. The maximum absolute atomic E-state index is 5.35. The topological polar surface area (TPSA) is 43.6 Å². The molecule has 0 aliphatic rings. The zero-order chi connectivity index (χ0) is 13.7. The Morgan fingerprint density at radius 3 is 2.47 bits per heavy atom. The van der Waals surface area contributed by atoms with Gasteiger partial charge in [-0.3, -0.25) is 0 Å². The smallest absolute Gasteiger partial charge is 0.161 e. The first kappa shape index (κ1) is 13.5. The molecule has 4 nitrogen and oxygen atoms in total. The van der Waals surface area contributed by atoms with Gasteiger partial charge in [-0.05, 0) is 30.3 Å². The van der Waals surface area contributed by atoms with Crippen LogP contribution in [0.5, 0.6) is 11.5 Å². The first-order valence-corrected chi connectivity index (χ1v) is 6.27. The van der Waals surface area contributed by atoms with Crippen LogP contribution in [0.2, 0.25) is 0 Å². The van der Waals surface area contributed by atoms with Gasteiger partial charge >= 0.3 is 0 Å². The van der Waals surface area contributed by atoms with Gasteiger partial charge in [-0.2, -0.15) is 0 Å². The maximum atomic E-state index is 5.35. The van der Waals surface area contributed by atoms with Crippen LogP contribution < -0.4 is 14.8 Å². The van der Waals surface area contributed by atoms with Crippen molar-refractivity contribution in [2.45, 2.75) is 13.0 Å². The number of nitrogens with one attached hydrogen (secondary N) is 1. The monoisotopic (exact) mass is 261 g/mol. The lowest BCUT2D eigenvalue weighted by Gasteiger charge is -2.18. The molecule has 1 aromatic carbocycles. The summed E-state index contributed by atoms with van der Waals surface area (Å²) in [5.74, 6) is 1.46. The van der Waals surface area contributed by atoms with Gasteiger partial charge in [0.1, 0.15) is 0 Å². The van der Waals surface area contributed by atoms with Crippen LogP contribution in [0.1, 0.15) is 24.1 Å². The summed E-state index contributed by atoms with van der Waals surface area (Å²) in [4.78, 5) is 0. The van der Waals surface area contributed by atoms with E-state index in [1.807, 2.05) is 24.3 Å². The summed E-state index contributed by atoms with van der Waals surface area (Å²) in [5.41, 5.74) is 2.20. The van der Waals surface area contributed by atoms with Gasteiger partial charge in [0.15, 0.2) is 11.5 Å². The Morgan fingerprint density at radius 2 is 1.89 bits per heavy atom. The molecule has 0 aliphatic carbocycles. The molecule has 1 heterocycles. The Hall–Kier alpha value is -1.94. The summed E-state index contributed by atoms with van der Waals surface area (Å²) in [7, 11) is 3.27. The standard InChI is InChI=1S/C15H19NO3/c1-4-16-15(12-7-8-19-10-12)11-5-6-13(17-2)14(9-11)18-3/h5-10,15-16H,4H2,1-3H3. The highest BCUT2D eigenvalue weighted by molar-refractivity contribution is 5.45. The lowest BCUT2D eigenvalue weighted by atomic mass is 10.0. The van der Waals surface area contributed by atoms with E-state index in [1.54, 1.807) is 26.7 Å². The zero-order valence-electron chi connectivity index (χ0n) is 11.5. The molecule has 102 valence electrons. The molecule has 2 rings (SSSR count). The van der Waals surface area contributed by atoms with Crippen LogP contribution in [-0.4, -0.2) is 20.8 Å². The third-order valence-corrected chi connectivity index (χ3v) is 3.03. The summed E-state index contributed by atoms with van der Waals surface area (Å²) in [6.07, 6.45) is 3.43. The fourth-order valence-corrected chi connectivity index (χ4v) is 2.10. The Bertz CT molecular complexity index is 508. The van der Waals surface area contributed by atoms with Crippen molar-refractivity contribution in [2.24, 2.45) is 0 Å². The molecule has 0 saturated carbocycles. The predicted octanol–water partition coefficient (Wildman–Crippen LogP) is 3.00. The number of methoxy groups -OCH3 is 2. The molecule has 4 heteroatoms. The molecular weight excluding hydrogens is 242 g/mol. The van der Waals surface area contributed by atoms with Gasteiger partial charge < -0.3 is 19.2 Å². The number of hydrogen-bond donors (Lipinski definition) is 1. The van der Waals surface area contributed by atoms with Gasteiger partial charge in [0.25, 0.3) is 0 Å². The van der Waals surface area contributed by atoms with E-state index < -0.39 is 0 Å². The van der Waals surface area contributed by atoms with Crippen LogP contribution in [-0.2, 0) is 0 Å². The second-order valence-corrected chi connectivity index (χ2v) is 4.16. The van der Waals surface area contributed by atoms with Crippen molar-refractivity contribution in [1.29, 1.82) is 0 Å². The Balaban J connectivity index is 2.37. The van der Waals surface area contributed by atoms with Crippen LogP contribution >= 0.6 is 0 Å². The minimum atomic E-state index is 0.0866. The molecule has 0 bridgehead atoms. The summed E-state index contributed by atoms with van der Waals surface area (Å²) in [6, 6.07) is 7.98. The first-order valence-electron chi connectivity index (χ1n) is 6.27. The number of rotatable bonds is 6. The van der Waals surface area contributed by atoms with E-state index in [-0.39, 0.29) is 6.04 Å². The molecule has 0 radical (unpaired) electrons. The third kappa shape index (κ3) is 2.90. The van der Waals surface area contributed by atoms with E-state index in [4.69, 9.17) is 13.9 Å². The highest BCUT2D eigenvalue weighted by Gasteiger charge is 2.16. The SMILES string of the molecule is CCNC(c1ccoc1)c1ccc(OC)c(OC)c1. The zero-order valence-corrected chi connectivity index (χ0v) is 11.5. The number of ether oxygens (including phenoxy) is 2. The molecule has 2 aromatic rings. The molecule has 1 unspecified atom stereocenters. The third-order valence-electron chi connectivity index (χ3n) is 3.03. The molecule has 1 N–H and O–H groups in total. The van der Waals surface area contributed by atoms with Crippen molar-refractivity contribution < 1.29 is 13.9 Å². The van der Waals surface area contributed by atoms with Gasteiger partial charge in [0.05, 0.1) is 32.8 Å². The van der Waals surface area contributed by atoms with Crippen LogP contribution in [0.4, 0.5) is 0 Å². The van der Waals surface area contributed by atoms with Crippen molar-refractivity contribution >= 4 is 0 Å². The second kappa shape index (κ2) is 6.29. The van der Waals surface area contributed by atoms with Crippen molar-refractivity contribution in [3.63, 3.8) is 0 Å². The van der Waals surface area contributed by atoms with Gasteiger partial charge in [-0.15, -0.1) is 0 Å². The normalized spacial score (nSPS) is 12.2. The number of furan rings is 1. The van der Waals surface area contributed by atoms with Gasteiger partial charge in [-0.1, -0.05) is 13.0 Å². The van der Waals surface area contributed by atoms with Crippen LogP contribution in [0.25, 0.3) is 0 Å². The molecule has 0 fully saturated rings. The molecule has 1 aromatic heterocycles. The highest BCUT2D eigenvalue weighted by Crippen LogP contribution is 2.32. The van der Waals surface area contributed by atoms with Crippen LogP contribution in [0, 0.1) is 0 Å². The molecule has 0 aliphatic heterocycles. The average molecular weight is 261 g/mol. The Morgan fingerprint density at radius 1 is 1.11 bits per heavy atom. The first-order chi connectivity index (χ1) is 9.30. The highest BCUT2D eigenvalue weighted by atomic mass is 16.5. The molecule has 0 spiro atoms.